The van der Waals surface area contributed by atoms with Gasteiger partial charge in [0.15, 0.2) is 5.16 Å². The molecular weight excluding hydrogens is 434 g/mol. The Balaban J connectivity index is 1.64. The third-order valence-electron chi connectivity index (χ3n) is 5.07. The Morgan fingerprint density at radius 3 is 2.06 bits per heavy atom. The molecule has 2 amide bonds. The van der Waals surface area contributed by atoms with Crippen molar-refractivity contribution in [3.05, 3.63) is 77.1 Å². The number of anilines is 2. The van der Waals surface area contributed by atoms with Crippen LogP contribution in [-0.4, -0.2) is 32.3 Å². The minimum Gasteiger partial charge on any atom is -0.325 e. The molecule has 3 rings (SSSR count). The monoisotopic (exact) mass is 463 g/mol. The van der Waals surface area contributed by atoms with Crippen LogP contribution in [0.1, 0.15) is 28.1 Å². The molecule has 8 heteroatoms. The highest BCUT2D eigenvalue weighted by atomic mass is 32.2. The van der Waals surface area contributed by atoms with Crippen molar-refractivity contribution < 1.29 is 9.59 Å². The maximum absolute atomic E-state index is 12.6. The molecule has 0 unspecified atom stereocenters. The summed E-state index contributed by atoms with van der Waals surface area (Å²) < 4.78 is 1.81. The Morgan fingerprint density at radius 1 is 0.939 bits per heavy atom. The van der Waals surface area contributed by atoms with Gasteiger partial charge in [-0.1, -0.05) is 53.2 Å². The first-order valence-electron chi connectivity index (χ1n) is 10.7. The van der Waals surface area contributed by atoms with E-state index in [0.29, 0.717) is 17.5 Å². The number of amides is 2. The Morgan fingerprint density at radius 2 is 1.52 bits per heavy atom. The predicted octanol–water partition coefficient (Wildman–Crippen LogP) is 4.61. The maximum atomic E-state index is 12.6. The normalized spacial score (nSPS) is 10.7. The van der Waals surface area contributed by atoms with Crippen LogP contribution < -0.4 is 10.6 Å². The highest BCUT2D eigenvalue weighted by molar-refractivity contribution is 7.99. The molecule has 7 nitrogen and oxygen atoms in total. The molecule has 1 aromatic heterocycles. The molecule has 1 heterocycles. The zero-order valence-corrected chi connectivity index (χ0v) is 20.3. The third kappa shape index (κ3) is 6.55. The minimum absolute atomic E-state index is 0.0729. The van der Waals surface area contributed by atoms with Crippen molar-refractivity contribution in [2.45, 2.75) is 45.8 Å². The first-order chi connectivity index (χ1) is 15.8. The first kappa shape index (κ1) is 24.3. The molecule has 0 aliphatic rings. The van der Waals surface area contributed by atoms with Gasteiger partial charge in [0.25, 0.3) is 0 Å². The van der Waals surface area contributed by atoms with E-state index in [9.17, 15) is 9.59 Å². The van der Waals surface area contributed by atoms with Crippen LogP contribution in [0.3, 0.4) is 0 Å². The van der Waals surface area contributed by atoms with E-state index in [1.807, 2.05) is 68.7 Å². The van der Waals surface area contributed by atoms with E-state index < -0.39 is 0 Å². The summed E-state index contributed by atoms with van der Waals surface area (Å²) in [5, 5.41) is 14.8. The minimum atomic E-state index is -0.177. The van der Waals surface area contributed by atoms with Crippen molar-refractivity contribution >= 4 is 35.0 Å². The van der Waals surface area contributed by atoms with Gasteiger partial charge in [0.2, 0.25) is 11.8 Å². The zero-order chi connectivity index (χ0) is 24.0. The number of nitrogens with zero attached hydrogens (tertiary/aromatic N) is 3. The zero-order valence-electron chi connectivity index (χ0n) is 19.4. The van der Waals surface area contributed by atoms with Crippen LogP contribution in [0.25, 0.3) is 0 Å². The summed E-state index contributed by atoms with van der Waals surface area (Å²) in [6.45, 7) is 12.2. The Kier molecular flexibility index (Phi) is 8.06. The molecule has 2 aromatic carbocycles. The second kappa shape index (κ2) is 11.0. The van der Waals surface area contributed by atoms with Gasteiger partial charge in [-0.3, -0.25) is 9.59 Å². The number of hydrogen-bond acceptors (Lipinski definition) is 5. The number of allylic oxidation sites excluding steroid dienone is 1. The second-order valence-electron chi connectivity index (χ2n) is 8.00. The molecule has 0 radical (unpaired) electrons. The summed E-state index contributed by atoms with van der Waals surface area (Å²) in [5.41, 5.74) is 5.87. The van der Waals surface area contributed by atoms with Crippen LogP contribution in [-0.2, 0) is 22.6 Å². The molecule has 0 saturated carbocycles. The van der Waals surface area contributed by atoms with Crippen molar-refractivity contribution in [1.82, 2.24) is 14.8 Å². The van der Waals surface area contributed by atoms with Crippen LogP contribution in [0.4, 0.5) is 11.4 Å². The van der Waals surface area contributed by atoms with E-state index in [2.05, 4.69) is 27.4 Å². The van der Waals surface area contributed by atoms with Crippen molar-refractivity contribution in [1.29, 1.82) is 0 Å². The van der Waals surface area contributed by atoms with Gasteiger partial charge in [0.1, 0.15) is 5.82 Å². The molecule has 0 aliphatic heterocycles. The van der Waals surface area contributed by atoms with Crippen molar-refractivity contribution in [3.8, 4) is 0 Å². The number of thioether (sulfide) groups is 1. The molecule has 0 saturated heterocycles. The van der Waals surface area contributed by atoms with E-state index in [0.717, 1.165) is 33.6 Å². The van der Waals surface area contributed by atoms with Crippen LogP contribution in [0.2, 0.25) is 0 Å². The lowest BCUT2D eigenvalue weighted by atomic mass is 10.1. The number of aromatic nitrogens is 3. The third-order valence-corrected chi connectivity index (χ3v) is 6.03. The summed E-state index contributed by atoms with van der Waals surface area (Å²) in [6, 6.07) is 11.8. The van der Waals surface area contributed by atoms with E-state index in [4.69, 9.17) is 0 Å². The number of aryl methyl sites for hydroxylation is 4. The van der Waals surface area contributed by atoms with Gasteiger partial charge >= 0.3 is 0 Å². The molecule has 2 N–H and O–H groups in total. The fourth-order valence-corrected chi connectivity index (χ4v) is 4.20. The lowest BCUT2D eigenvalue weighted by Gasteiger charge is -2.11. The SMILES string of the molecule is C=CCn1c(CC(=O)Nc2ccc(C)cc2C)nnc1SCC(=O)Nc1ccc(C)cc1C. The largest absolute Gasteiger partial charge is 0.325 e. The summed E-state index contributed by atoms with van der Waals surface area (Å²) in [6.07, 6.45) is 1.79. The standard InChI is InChI=1S/C25H29N5O2S/c1-6-11-30-22(14-23(31)26-20-9-7-16(2)12-18(20)4)28-29-25(30)33-15-24(32)27-21-10-8-17(3)13-19(21)5/h6-10,12-13H,1,11,14-15H2,2-5H3,(H,26,31)(H,27,32). The second-order valence-corrected chi connectivity index (χ2v) is 8.94. The Hall–Kier alpha value is -3.39. The molecule has 0 fully saturated rings. The van der Waals surface area contributed by atoms with Crippen molar-refractivity contribution in [2.24, 2.45) is 0 Å². The van der Waals surface area contributed by atoms with Gasteiger partial charge in [-0.25, -0.2) is 0 Å². The molecule has 172 valence electrons. The van der Waals surface area contributed by atoms with Gasteiger partial charge < -0.3 is 15.2 Å². The topological polar surface area (TPSA) is 88.9 Å². The van der Waals surface area contributed by atoms with Crippen molar-refractivity contribution in [3.63, 3.8) is 0 Å². The number of nitrogens with one attached hydrogen (secondary N) is 2. The predicted molar refractivity (Wildman–Crippen MR) is 134 cm³/mol. The van der Waals surface area contributed by atoms with E-state index in [-0.39, 0.29) is 24.0 Å². The maximum Gasteiger partial charge on any atom is 0.234 e. The molecule has 33 heavy (non-hydrogen) atoms. The first-order valence-corrected chi connectivity index (χ1v) is 11.7. The fourth-order valence-electron chi connectivity index (χ4n) is 3.43. The summed E-state index contributed by atoms with van der Waals surface area (Å²) in [5.74, 6) is 0.393. The summed E-state index contributed by atoms with van der Waals surface area (Å²) in [4.78, 5) is 25.1. The molecule has 0 aliphatic carbocycles. The molecule has 0 atom stereocenters. The van der Waals surface area contributed by atoms with E-state index >= 15 is 0 Å². The molecular formula is C25H29N5O2S. The molecule has 0 bridgehead atoms. The van der Waals surface area contributed by atoms with Gasteiger partial charge in [0, 0.05) is 17.9 Å². The Bertz CT molecular complexity index is 1190. The summed E-state index contributed by atoms with van der Waals surface area (Å²) in [7, 11) is 0. The fraction of sp³-hybridized carbons (Fsp3) is 0.280. The lowest BCUT2D eigenvalue weighted by Crippen LogP contribution is -2.18. The van der Waals surface area contributed by atoms with Crippen LogP contribution in [0, 0.1) is 27.7 Å². The van der Waals surface area contributed by atoms with E-state index in [1.165, 1.54) is 11.8 Å². The van der Waals surface area contributed by atoms with Crippen LogP contribution in [0.5, 0.6) is 0 Å². The number of carbonyl (C=O) groups is 2. The van der Waals surface area contributed by atoms with Crippen LogP contribution >= 0.6 is 11.8 Å². The molecule has 0 spiro atoms. The lowest BCUT2D eigenvalue weighted by molar-refractivity contribution is -0.116. The quantitative estimate of drug-likeness (QED) is 0.357. The molecule has 3 aromatic rings. The van der Waals surface area contributed by atoms with Crippen LogP contribution in [0.15, 0.2) is 54.2 Å². The number of carbonyl (C=O) groups excluding carboxylic acids is 2. The number of hydrogen-bond donors (Lipinski definition) is 2. The van der Waals surface area contributed by atoms with Crippen molar-refractivity contribution in [2.75, 3.05) is 16.4 Å². The average Bonchev–Trinajstić information content (AvgIpc) is 3.12. The van der Waals surface area contributed by atoms with Gasteiger partial charge in [0.05, 0.1) is 12.2 Å². The smallest absolute Gasteiger partial charge is 0.234 e. The number of rotatable bonds is 9. The van der Waals surface area contributed by atoms with E-state index in [1.54, 1.807) is 6.08 Å². The highest BCUT2D eigenvalue weighted by Crippen LogP contribution is 2.21. The highest BCUT2D eigenvalue weighted by Gasteiger charge is 2.17. The van der Waals surface area contributed by atoms with Gasteiger partial charge in [-0.15, -0.1) is 16.8 Å². The summed E-state index contributed by atoms with van der Waals surface area (Å²) >= 11 is 1.28. The van der Waals surface area contributed by atoms with Gasteiger partial charge in [-0.05, 0) is 51.0 Å². The average molecular weight is 464 g/mol. The van der Waals surface area contributed by atoms with Gasteiger partial charge in [-0.2, -0.15) is 0 Å². The Labute approximate surface area is 198 Å². The number of benzene rings is 2.